The Kier molecular flexibility index (Phi) is 4.56. The van der Waals surface area contributed by atoms with Gasteiger partial charge in [0.2, 0.25) is 5.91 Å². The highest BCUT2D eigenvalue weighted by atomic mass is 19.4. The van der Waals surface area contributed by atoms with Crippen molar-refractivity contribution in [2.75, 3.05) is 13.1 Å². The molecule has 0 radical (unpaired) electrons. The Labute approximate surface area is 98.5 Å². The van der Waals surface area contributed by atoms with Gasteiger partial charge in [-0.1, -0.05) is 19.4 Å². The number of alkyl halides is 3. The van der Waals surface area contributed by atoms with Gasteiger partial charge in [0.25, 0.3) is 0 Å². The molecule has 0 unspecified atom stereocenters. The molecule has 0 fully saturated rings. The fourth-order valence-corrected chi connectivity index (χ4v) is 1.80. The summed E-state index contributed by atoms with van der Waals surface area (Å²) in [6, 6.07) is -0.596. The highest BCUT2D eigenvalue weighted by molar-refractivity contribution is 5.81. The van der Waals surface area contributed by atoms with E-state index in [1.54, 1.807) is 0 Å². The third-order valence-corrected chi connectivity index (χ3v) is 2.80. The summed E-state index contributed by atoms with van der Waals surface area (Å²) in [5.74, 6) is -0.260. The largest absolute Gasteiger partial charge is 0.412 e. The van der Waals surface area contributed by atoms with E-state index in [1.807, 2.05) is 6.92 Å². The van der Waals surface area contributed by atoms with E-state index in [0.717, 1.165) is 12.5 Å². The van der Waals surface area contributed by atoms with Gasteiger partial charge in [0, 0.05) is 18.7 Å². The van der Waals surface area contributed by atoms with Crippen molar-refractivity contribution < 1.29 is 18.0 Å². The molecule has 1 rings (SSSR count). The van der Waals surface area contributed by atoms with Gasteiger partial charge in [0.05, 0.1) is 6.04 Å². The molecule has 0 aliphatic carbocycles. The molecule has 2 N–H and O–H groups in total. The van der Waals surface area contributed by atoms with Crippen molar-refractivity contribution in [1.82, 2.24) is 4.90 Å². The number of hydrogen-bond acceptors (Lipinski definition) is 2. The summed E-state index contributed by atoms with van der Waals surface area (Å²) in [7, 11) is 0. The molecule has 1 aliphatic heterocycles. The Hall–Kier alpha value is -1.04. The normalized spacial score (nSPS) is 18.9. The van der Waals surface area contributed by atoms with Crippen LogP contribution in [-0.2, 0) is 4.79 Å². The predicted molar refractivity (Wildman–Crippen MR) is 58.2 cm³/mol. The number of nitrogens with zero attached hydrogens (tertiary/aromatic N) is 1. The minimum absolute atomic E-state index is 0.00505. The molecule has 6 heteroatoms. The quantitative estimate of drug-likeness (QED) is 0.777. The van der Waals surface area contributed by atoms with Crippen molar-refractivity contribution in [3.8, 4) is 0 Å². The molecule has 0 aromatic carbocycles. The molecule has 0 bridgehead atoms. The zero-order valence-corrected chi connectivity index (χ0v) is 9.76. The Bertz CT molecular complexity index is 312. The van der Waals surface area contributed by atoms with Crippen molar-refractivity contribution in [3.05, 3.63) is 11.6 Å². The van der Waals surface area contributed by atoms with E-state index in [2.05, 4.69) is 0 Å². The van der Waals surface area contributed by atoms with E-state index in [1.165, 1.54) is 4.90 Å². The monoisotopic (exact) mass is 250 g/mol. The average Bonchev–Trinajstić information content (AvgIpc) is 2.27. The first-order valence-corrected chi connectivity index (χ1v) is 5.66. The zero-order chi connectivity index (χ0) is 13.1. The smallest absolute Gasteiger partial charge is 0.337 e. The second kappa shape index (κ2) is 5.53. The van der Waals surface area contributed by atoms with Crippen LogP contribution in [0.3, 0.4) is 0 Å². The van der Waals surface area contributed by atoms with Gasteiger partial charge in [-0.05, 0) is 12.8 Å². The van der Waals surface area contributed by atoms with Crippen LogP contribution >= 0.6 is 0 Å². The van der Waals surface area contributed by atoms with Crippen LogP contribution < -0.4 is 5.73 Å². The molecule has 1 atom stereocenters. The molecule has 0 aromatic heterocycles. The van der Waals surface area contributed by atoms with E-state index < -0.39 is 17.8 Å². The maximum absolute atomic E-state index is 12.4. The fraction of sp³-hybridized carbons (Fsp3) is 0.727. The fourth-order valence-electron chi connectivity index (χ4n) is 1.80. The van der Waals surface area contributed by atoms with Crippen molar-refractivity contribution in [2.45, 2.75) is 38.4 Å². The summed E-state index contributed by atoms with van der Waals surface area (Å²) in [6.45, 7) is 2.01. The van der Waals surface area contributed by atoms with E-state index in [0.29, 0.717) is 6.42 Å². The third-order valence-electron chi connectivity index (χ3n) is 2.80. The van der Waals surface area contributed by atoms with Gasteiger partial charge in [0.1, 0.15) is 0 Å². The number of carbonyl (C=O) groups excluding carboxylic acids is 1. The summed E-state index contributed by atoms with van der Waals surface area (Å²) in [5, 5.41) is 0. The van der Waals surface area contributed by atoms with Crippen LogP contribution in [0.2, 0.25) is 0 Å². The number of halogens is 3. The zero-order valence-electron chi connectivity index (χ0n) is 9.76. The van der Waals surface area contributed by atoms with Crippen LogP contribution in [0.4, 0.5) is 13.2 Å². The molecule has 1 amide bonds. The molecule has 1 aliphatic rings. The molecule has 98 valence electrons. The highest BCUT2D eigenvalue weighted by Gasteiger charge is 2.35. The summed E-state index contributed by atoms with van der Waals surface area (Å²) < 4.78 is 37.1. The summed E-state index contributed by atoms with van der Waals surface area (Å²) in [5.41, 5.74) is 5.09. The lowest BCUT2D eigenvalue weighted by Crippen LogP contribution is -2.46. The minimum Gasteiger partial charge on any atom is -0.337 e. The van der Waals surface area contributed by atoms with Crippen molar-refractivity contribution in [2.24, 2.45) is 5.73 Å². The van der Waals surface area contributed by atoms with Crippen LogP contribution in [0.25, 0.3) is 0 Å². The van der Waals surface area contributed by atoms with E-state index >= 15 is 0 Å². The molecular weight excluding hydrogens is 233 g/mol. The molecular formula is C11H17F3N2O. The van der Waals surface area contributed by atoms with Crippen LogP contribution in [0.5, 0.6) is 0 Å². The Balaban J connectivity index is 2.57. The van der Waals surface area contributed by atoms with Crippen LogP contribution in [-0.4, -0.2) is 36.1 Å². The van der Waals surface area contributed by atoms with E-state index in [9.17, 15) is 18.0 Å². The topological polar surface area (TPSA) is 46.3 Å². The molecule has 0 aromatic rings. The van der Waals surface area contributed by atoms with Crippen molar-refractivity contribution in [1.29, 1.82) is 0 Å². The molecule has 3 nitrogen and oxygen atoms in total. The lowest BCUT2D eigenvalue weighted by atomic mass is 10.1. The molecule has 0 saturated heterocycles. The average molecular weight is 250 g/mol. The van der Waals surface area contributed by atoms with Gasteiger partial charge >= 0.3 is 6.18 Å². The van der Waals surface area contributed by atoms with E-state index in [4.69, 9.17) is 5.73 Å². The molecule has 0 spiro atoms. The lowest BCUT2D eigenvalue weighted by molar-refractivity contribution is -0.133. The molecule has 1 heterocycles. The second-order valence-electron chi connectivity index (χ2n) is 4.16. The maximum Gasteiger partial charge on any atom is 0.412 e. The standard InChI is InChI=1S/C11H17F3N2O/c1-2-3-9(15)10(17)16-6-4-8(5-7-16)11(12,13)14/h4,9H,2-3,5-7,15H2,1H3/t9-/m0/s1. The third kappa shape index (κ3) is 3.73. The first-order valence-electron chi connectivity index (χ1n) is 5.66. The van der Waals surface area contributed by atoms with Crippen LogP contribution in [0, 0.1) is 0 Å². The Morgan fingerprint density at radius 2 is 2.24 bits per heavy atom. The lowest BCUT2D eigenvalue weighted by Gasteiger charge is -2.29. The predicted octanol–water partition coefficient (Wildman–Crippen LogP) is 1.83. The molecule has 0 saturated carbocycles. The van der Waals surface area contributed by atoms with Gasteiger partial charge in [-0.2, -0.15) is 13.2 Å². The van der Waals surface area contributed by atoms with Crippen LogP contribution in [0.1, 0.15) is 26.2 Å². The van der Waals surface area contributed by atoms with Gasteiger partial charge in [-0.15, -0.1) is 0 Å². The first kappa shape index (κ1) is 14.0. The van der Waals surface area contributed by atoms with Gasteiger partial charge in [-0.3, -0.25) is 4.79 Å². The molecule has 17 heavy (non-hydrogen) atoms. The number of hydrogen-bond donors (Lipinski definition) is 1. The maximum atomic E-state index is 12.4. The van der Waals surface area contributed by atoms with Gasteiger partial charge < -0.3 is 10.6 Å². The minimum atomic E-state index is -4.28. The Morgan fingerprint density at radius 1 is 1.59 bits per heavy atom. The number of amides is 1. The summed E-state index contributed by atoms with van der Waals surface area (Å²) in [4.78, 5) is 13.1. The number of carbonyl (C=O) groups is 1. The van der Waals surface area contributed by atoms with Gasteiger partial charge in [0.15, 0.2) is 0 Å². The second-order valence-corrected chi connectivity index (χ2v) is 4.16. The summed E-state index contributed by atoms with van der Waals surface area (Å²) >= 11 is 0. The number of rotatable bonds is 3. The van der Waals surface area contributed by atoms with E-state index in [-0.39, 0.29) is 25.4 Å². The highest BCUT2D eigenvalue weighted by Crippen LogP contribution is 2.30. The first-order chi connectivity index (χ1) is 7.86. The Morgan fingerprint density at radius 3 is 2.65 bits per heavy atom. The number of nitrogens with two attached hydrogens (primary N) is 1. The van der Waals surface area contributed by atoms with Crippen molar-refractivity contribution >= 4 is 5.91 Å². The van der Waals surface area contributed by atoms with Crippen molar-refractivity contribution in [3.63, 3.8) is 0 Å². The summed E-state index contributed by atoms with van der Waals surface area (Å²) in [6.07, 6.45) is -2.01. The van der Waals surface area contributed by atoms with Crippen LogP contribution in [0.15, 0.2) is 11.6 Å². The van der Waals surface area contributed by atoms with Gasteiger partial charge in [-0.25, -0.2) is 0 Å². The SMILES string of the molecule is CCC[C@H](N)C(=O)N1CC=C(C(F)(F)F)CC1.